The number of rotatable bonds is 5. The van der Waals surface area contributed by atoms with Crippen LogP contribution in [0.15, 0.2) is 23.3 Å². The van der Waals surface area contributed by atoms with Gasteiger partial charge < -0.3 is 4.74 Å². The molecule has 0 aromatic rings. The van der Waals surface area contributed by atoms with Crippen LogP contribution in [0.25, 0.3) is 0 Å². The molecule has 16 heavy (non-hydrogen) atoms. The van der Waals surface area contributed by atoms with Crippen molar-refractivity contribution in [1.29, 1.82) is 0 Å². The highest BCUT2D eigenvalue weighted by Crippen LogP contribution is 2.19. The van der Waals surface area contributed by atoms with Gasteiger partial charge in [-0.1, -0.05) is 31.3 Å². The lowest BCUT2D eigenvalue weighted by Gasteiger charge is -2.17. The Morgan fingerprint density at radius 3 is 2.25 bits per heavy atom. The Kier molecular flexibility index (Phi) is 6.34. The summed E-state index contributed by atoms with van der Waals surface area (Å²) in [6.45, 7) is 13.0. The first-order valence-corrected chi connectivity index (χ1v) is 9.51. The Morgan fingerprint density at radius 1 is 1.31 bits per heavy atom. The Labute approximate surface area is 100 Å². The Balaban J connectivity index is 4.91. The van der Waals surface area contributed by atoms with E-state index in [2.05, 4.69) is 19.6 Å². The number of ether oxygens (including phenoxy) is 1. The summed E-state index contributed by atoms with van der Waals surface area (Å²) >= 11 is 0. The van der Waals surface area contributed by atoms with Crippen LogP contribution in [0.2, 0.25) is 25.7 Å². The van der Waals surface area contributed by atoms with Crippen molar-refractivity contribution in [2.24, 2.45) is 0 Å². The fourth-order valence-corrected chi connectivity index (χ4v) is 2.72. The lowest BCUT2D eigenvalue weighted by Crippen LogP contribution is -2.23. The third-order valence-corrected chi connectivity index (χ3v) is 3.56. The monoisotopic (exact) mass is 240 g/mol. The molecule has 0 saturated heterocycles. The SMILES string of the molecule is C/C=C(C)/C=C(\C[Si](C)(C)C)C(=O)OCC. The molecule has 2 nitrogen and oxygen atoms in total. The van der Waals surface area contributed by atoms with E-state index in [0.717, 1.165) is 17.2 Å². The fraction of sp³-hybridized carbons (Fsp3) is 0.615. The maximum absolute atomic E-state index is 11.8. The Hall–Kier alpha value is -0.833. The molecular formula is C13H24O2Si. The number of allylic oxidation sites excluding steroid dienone is 3. The van der Waals surface area contributed by atoms with E-state index in [1.54, 1.807) is 0 Å². The molecule has 0 spiro atoms. The average molecular weight is 240 g/mol. The number of carbonyl (C=O) groups is 1. The summed E-state index contributed by atoms with van der Waals surface area (Å²) in [5.41, 5.74) is 1.93. The van der Waals surface area contributed by atoms with Crippen molar-refractivity contribution in [2.45, 2.75) is 46.5 Å². The van der Waals surface area contributed by atoms with Crippen molar-refractivity contribution in [3.8, 4) is 0 Å². The third kappa shape index (κ3) is 6.61. The molecule has 0 radical (unpaired) electrons. The minimum atomic E-state index is -1.29. The van der Waals surface area contributed by atoms with Crippen molar-refractivity contribution >= 4 is 14.0 Å². The van der Waals surface area contributed by atoms with Gasteiger partial charge in [-0.15, -0.1) is 0 Å². The molecule has 3 heteroatoms. The second-order valence-corrected chi connectivity index (χ2v) is 10.6. The van der Waals surface area contributed by atoms with E-state index in [1.165, 1.54) is 0 Å². The quantitative estimate of drug-likeness (QED) is 0.316. The van der Waals surface area contributed by atoms with Gasteiger partial charge in [-0.05, 0) is 32.9 Å². The minimum absolute atomic E-state index is 0.161. The second-order valence-electron chi connectivity index (χ2n) is 5.16. The van der Waals surface area contributed by atoms with Gasteiger partial charge in [-0.25, -0.2) is 4.79 Å². The summed E-state index contributed by atoms with van der Waals surface area (Å²) in [4.78, 5) is 11.8. The molecule has 0 heterocycles. The van der Waals surface area contributed by atoms with Gasteiger partial charge in [-0.3, -0.25) is 0 Å². The number of hydrogen-bond acceptors (Lipinski definition) is 2. The van der Waals surface area contributed by atoms with Gasteiger partial charge in [-0.2, -0.15) is 0 Å². The fourth-order valence-electron chi connectivity index (χ4n) is 1.34. The van der Waals surface area contributed by atoms with Crippen LogP contribution >= 0.6 is 0 Å². The molecule has 0 aromatic carbocycles. The van der Waals surface area contributed by atoms with E-state index in [1.807, 2.05) is 32.9 Å². The average Bonchev–Trinajstić information content (AvgIpc) is 2.14. The summed E-state index contributed by atoms with van der Waals surface area (Å²) in [5, 5.41) is 0. The highest BCUT2D eigenvalue weighted by atomic mass is 28.3. The molecule has 0 atom stereocenters. The van der Waals surface area contributed by atoms with Crippen molar-refractivity contribution in [2.75, 3.05) is 6.61 Å². The third-order valence-electron chi connectivity index (χ3n) is 2.12. The number of hydrogen-bond donors (Lipinski definition) is 0. The summed E-state index contributed by atoms with van der Waals surface area (Å²) < 4.78 is 5.08. The van der Waals surface area contributed by atoms with Gasteiger partial charge in [0, 0.05) is 13.6 Å². The zero-order valence-electron chi connectivity index (χ0n) is 11.4. The van der Waals surface area contributed by atoms with E-state index in [9.17, 15) is 4.79 Å². The van der Waals surface area contributed by atoms with Gasteiger partial charge in [0.05, 0.1) is 6.61 Å². The molecular weight excluding hydrogens is 216 g/mol. The second kappa shape index (κ2) is 6.69. The van der Waals surface area contributed by atoms with Crippen LogP contribution in [0.4, 0.5) is 0 Å². The van der Waals surface area contributed by atoms with Gasteiger partial charge >= 0.3 is 5.97 Å². The normalized spacial score (nSPS) is 13.9. The van der Waals surface area contributed by atoms with Gasteiger partial charge in [0.25, 0.3) is 0 Å². The molecule has 0 bridgehead atoms. The van der Waals surface area contributed by atoms with Crippen LogP contribution in [0.3, 0.4) is 0 Å². The Morgan fingerprint density at radius 2 is 1.88 bits per heavy atom. The van der Waals surface area contributed by atoms with E-state index >= 15 is 0 Å². The van der Waals surface area contributed by atoms with Crippen LogP contribution < -0.4 is 0 Å². The first-order chi connectivity index (χ1) is 7.30. The van der Waals surface area contributed by atoms with E-state index in [4.69, 9.17) is 4.74 Å². The maximum Gasteiger partial charge on any atom is 0.333 e. The van der Waals surface area contributed by atoms with E-state index < -0.39 is 8.07 Å². The standard InChI is InChI=1S/C13H24O2Si/c1-7-11(3)9-12(10-16(4,5)6)13(14)15-8-2/h7,9H,8,10H2,1-6H3/b11-7+,12-9+. The van der Waals surface area contributed by atoms with Crippen LogP contribution in [-0.2, 0) is 9.53 Å². The molecule has 0 amide bonds. The zero-order chi connectivity index (χ0) is 12.8. The van der Waals surface area contributed by atoms with Gasteiger partial charge in [0.15, 0.2) is 0 Å². The maximum atomic E-state index is 11.8. The predicted molar refractivity (Wildman–Crippen MR) is 72.3 cm³/mol. The lowest BCUT2D eigenvalue weighted by molar-refractivity contribution is -0.138. The van der Waals surface area contributed by atoms with Crippen molar-refractivity contribution < 1.29 is 9.53 Å². The number of esters is 1. The molecule has 0 fully saturated rings. The van der Waals surface area contributed by atoms with Crippen LogP contribution in [0, 0.1) is 0 Å². The van der Waals surface area contributed by atoms with Crippen molar-refractivity contribution in [3.05, 3.63) is 23.3 Å². The molecule has 0 aromatic heterocycles. The van der Waals surface area contributed by atoms with E-state index in [0.29, 0.717) is 6.61 Å². The highest BCUT2D eigenvalue weighted by molar-refractivity contribution is 6.77. The molecule has 92 valence electrons. The van der Waals surface area contributed by atoms with Crippen molar-refractivity contribution in [1.82, 2.24) is 0 Å². The summed E-state index contributed by atoms with van der Waals surface area (Å²) in [6.07, 6.45) is 3.96. The molecule has 0 N–H and O–H groups in total. The first kappa shape index (κ1) is 15.2. The first-order valence-electron chi connectivity index (χ1n) is 5.80. The van der Waals surface area contributed by atoms with E-state index in [-0.39, 0.29) is 5.97 Å². The molecule has 0 aliphatic carbocycles. The topological polar surface area (TPSA) is 26.3 Å². The molecule has 0 unspecified atom stereocenters. The summed E-state index contributed by atoms with van der Waals surface area (Å²) in [5.74, 6) is -0.161. The van der Waals surface area contributed by atoms with Gasteiger partial charge in [0.2, 0.25) is 0 Å². The zero-order valence-corrected chi connectivity index (χ0v) is 12.4. The highest BCUT2D eigenvalue weighted by Gasteiger charge is 2.20. The summed E-state index contributed by atoms with van der Waals surface area (Å²) in [7, 11) is -1.29. The smallest absolute Gasteiger partial charge is 0.333 e. The molecule has 0 saturated carbocycles. The minimum Gasteiger partial charge on any atom is -0.463 e. The molecule has 0 aliphatic heterocycles. The van der Waals surface area contributed by atoms with Crippen LogP contribution in [0.1, 0.15) is 20.8 Å². The summed E-state index contributed by atoms with van der Waals surface area (Å²) in [6, 6.07) is 0.872. The predicted octanol–water partition coefficient (Wildman–Crippen LogP) is 3.78. The van der Waals surface area contributed by atoms with Crippen LogP contribution in [-0.4, -0.2) is 20.7 Å². The van der Waals surface area contributed by atoms with Crippen LogP contribution in [0.5, 0.6) is 0 Å². The Bertz CT molecular complexity index is 296. The largest absolute Gasteiger partial charge is 0.463 e. The van der Waals surface area contributed by atoms with Gasteiger partial charge in [0.1, 0.15) is 0 Å². The lowest BCUT2D eigenvalue weighted by atomic mass is 10.2. The number of carbonyl (C=O) groups excluding carboxylic acids is 1. The van der Waals surface area contributed by atoms with Crippen molar-refractivity contribution in [3.63, 3.8) is 0 Å². The molecule has 0 rings (SSSR count). The molecule has 0 aliphatic rings.